The third-order valence-electron chi connectivity index (χ3n) is 10.1. The summed E-state index contributed by atoms with van der Waals surface area (Å²) in [7, 11) is 1.49. The molecule has 0 radical (unpaired) electrons. The van der Waals surface area contributed by atoms with E-state index < -0.39 is 41.5 Å². The lowest BCUT2D eigenvalue weighted by molar-refractivity contribution is -0.142. The zero-order valence-corrected chi connectivity index (χ0v) is 31.0. The normalized spacial score (nSPS) is 18.2. The highest BCUT2D eigenvalue weighted by Gasteiger charge is 2.36. The van der Waals surface area contributed by atoms with E-state index in [4.69, 9.17) is 5.73 Å². The Labute approximate surface area is 306 Å². The lowest BCUT2D eigenvalue weighted by atomic mass is 9.88. The number of Topliss-reactive ketones (excluding diaryl/α,β-unsaturated/α-hetero) is 3. The monoisotopic (exact) mass is 711 g/mol. The molecule has 1 aliphatic heterocycles. The SMILES string of the molecule is CCCCCCc1ccc(C(=O)C[C@@H](CCN)C(=O)N(C)[C@@H]2C(=O)C[C@@H](C)C(=O)N[C@H](C(C)=O)Cc3ccc(O)c(c3)-c3cc2ccc3O)c(C)c1. The van der Waals surface area contributed by atoms with Gasteiger partial charge >= 0.3 is 0 Å². The summed E-state index contributed by atoms with van der Waals surface area (Å²) in [6.45, 7) is 7.16. The molecule has 1 heterocycles. The van der Waals surface area contributed by atoms with Crippen LogP contribution in [0.25, 0.3) is 11.1 Å². The average molecular weight is 712 g/mol. The van der Waals surface area contributed by atoms with E-state index in [9.17, 15) is 34.2 Å². The van der Waals surface area contributed by atoms with Gasteiger partial charge in [0.25, 0.3) is 0 Å². The van der Waals surface area contributed by atoms with Crippen LogP contribution in [0.4, 0.5) is 0 Å². The van der Waals surface area contributed by atoms with Crippen molar-refractivity contribution >= 4 is 29.2 Å². The highest BCUT2D eigenvalue weighted by Crippen LogP contribution is 2.39. The maximum Gasteiger partial charge on any atom is 0.226 e. The molecule has 1 aliphatic rings. The number of ketones is 3. The van der Waals surface area contributed by atoms with Gasteiger partial charge in [0.2, 0.25) is 11.8 Å². The van der Waals surface area contributed by atoms with Gasteiger partial charge in [-0.2, -0.15) is 0 Å². The van der Waals surface area contributed by atoms with Crippen LogP contribution in [0.3, 0.4) is 0 Å². The Morgan fingerprint density at radius 2 is 1.63 bits per heavy atom. The first kappa shape index (κ1) is 39.9. The van der Waals surface area contributed by atoms with Gasteiger partial charge in [-0.25, -0.2) is 0 Å². The number of aryl methyl sites for hydroxylation is 2. The van der Waals surface area contributed by atoms with Gasteiger partial charge in [0, 0.05) is 48.4 Å². The molecule has 4 atom stereocenters. The number of amides is 2. The lowest BCUT2D eigenvalue weighted by Gasteiger charge is -2.32. The van der Waals surface area contributed by atoms with Crippen molar-refractivity contribution in [1.29, 1.82) is 0 Å². The van der Waals surface area contributed by atoms with Gasteiger partial charge in [0.1, 0.15) is 17.5 Å². The van der Waals surface area contributed by atoms with Gasteiger partial charge in [-0.15, -0.1) is 0 Å². The maximum absolute atomic E-state index is 14.3. The molecule has 3 aromatic rings. The molecule has 0 saturated carbocycles. The van der Waals surface area contributed by atoms with E-state index in [0.29, 0.717) is 16.7 Å². The number of nitrogens with two attached hydrogens (primary N) is 1. The van der Waals surface area contributed by atoms with Crippen LogP contribution in [0.5, 0.6) is 11.5 Å². The Morgan fingerprint density at radius 3 is 2.29 bits per heavy atom. The number of phenolic OH excluding ortho intramolecular Hbond substituents is 2. The summed E-state index contributed by atoms with van der Waals surface area (Å²) in [4.78, 5) is 69.4. The van der Waals surface area contributed by atoms with Crippen molar-refractivity contribution in [3.63, 3.8) is 0 Å². The zero-order chi connectivity index (χ0) is 38.1. The Morgan fingerprint density at radius 1 is 0.942 bits per heavy atom. The highest BCUT2D eigenvalue weighted by molar-refractivity contribution is 6.01. The summed E-state index contributed by atoms with van der Waals surface area (Å²) < 4.78 is 0. The minimum Gasteiger partial charge on any atom is -0.507 e. The van der Waals surface area contributed by atoms with Gasteiger partial charge in [-0.1, -0.05) is 63.4 Å². The van der Waals surface area contributed by atoms with Crippen LogP contribution >= 0.6 is 0 Å². The van der Waals surface area contributed by atoms with E-state index in [-0.39, 0.29) is 66.4 Å². The fraction of sp³-hybridized carbons (Fsp3) is 0.452. The quantitative estimate of drug-likeness (QED) is 0.121. The van der Waals surface area contributed by atoms with Gasteiger partial charge in [0.05, 0.1) is 6.04 Å². The first-order chi connectivity index (χ1) is 24.7. The molecule has 52 heavy (non-hydrogen) atoms. The number of hydrogen-bond donors (Lipinski definition) is 4. The molecule has 0 spiro atoms. The first-order valence-corrected chi connectivity index (χ1v) is 18.3. The van der Waals surface area contributed by atoms with E-state index >= 15 is 0 Å². The molecule has 0 fully saturated rings. The summed E-state index contributed by atoms with van der Waals surface area (Å²) in [6.07, 6.45) is 5.51. The summed E-state index contributed by atoms with van der Waals surface area (Å²) in [5.74, 6) is -3.85. The summed E-state index contributed by atoms with van der Waals surface area (Å²) in [5.41, 5.74) is 9.97. The third kappa shape index (κ3) is 9.73. The number of benzene rings is 3. The van der Waals surface area contributed by atoms with E-state index in [1.165, 1.54) is 49.1 Å². The topological polar surface area (TPSA) is 167 Å². The van der Waals surface area contributed by atoms with E-state index in [2.05, 4.69) is 12.2 Å². The number of nitrogens with zero attached hydrogens (tertiary/aromatic N) is 1. The number of likely N-dealkylation sites (N-methyl/N-ethyl adjacent to an activating group) is 1. The van der Waals surface area contributed by atoms with Crippen LogP contribution in [0, 0.1) is 18.8 Å². The van der Waals surface area contributed by atoms with E-state index in [0.717, 1.165) is 31.2 Å². The molecule has 278 valence electrons. The molecule has 0 aromatic heterocycles. The molecule has 0 unspecified atom stereocenters. The van der Waals surface area contributed by atoms with Crippen molar-refractivity contribution in [3.8, 4) is 22.6 Å². The Hall–Kier alpha value is -4.83. The van der Waals surface area contributed by atoms with Crippen LogP contribution in [0.2, 0.25) is 0 Å². The average Bonchev–Trinajstić information content (AvgIpc) is 3.10. The number of carbonyl (C=O) groups excluding carboxylic acids is 5. The van der Waals surface area contributed by atoms with Crippen molar-refractivity contribution < 1.29 is 34.2 Å². The predicted octanol–water partition coefficient (Wildman–Crippen LogP) is 6.16. The molecule has 2 amide bonds. The van der Waals surface area contributed by atoms with Crippen LogP contribution in [0.1, 0.15) is 104 Å². The second kappa shape index (κ2) is 18.1. The second-order valence-electron chi connectivity index (χ2n) is 14.3. The molecule has 0 saturated heterocycles. The smallest absolute Gasteiger partial charge is 0.226 e. The Bertz CT molecular complexity index is 1800. The van der Waals surface area contributed by atoms with Crippen molar-refractivity contribution in [3.05, 3.63) is 82.4 Å². The first-order valence-electron chi connectivity index (χ1n) is 18.3. The number of carbonyl (C=O) groups is 5. The molecule has 4 rings (SSSR count). The Balaban J connectivity index is 1.70. The Kier molecular flexibility index (Phi) is 13.9. The summed E-state index contributed by atoms with van der Waals surface area (Å²) in [6, 6.07) is 12.9. The number of aromatic hydroxyl groups is 2. The number of unbranched alkanes of at least 4 members (excludes halogenated alkanes) is 3. The minimum atomic E-state index is -1.21. The number of nitrogens with one attached hydrogen (secondary N) is 1. The number of hydrogen-bond acceptors (Lipinski definition) is 8. The van der Waals surface area contributed by atoms with Crippen molar-refractivity contribution in [1.82, 2.24) is 10.2 Å². The van der Waals surface area contributed by atoms with Gasteiger partial charge in [0.15, 0.2) is 17.3 Å². The molecule has 4 bridgehead atoms. The van der Waals surface area contributed by atoms with Gasteiger partial charge in [-0.05, 0) is 92.6 Å². The van der Waals surface area contributed by atoms with Crippen LogP contribution < -0.4 is 11.1 Å². The van der Waals surface area contributed by atoms with Crippen molar-refractivity contribution in [2.24, 2.45) is 17.6 Å². The lowest BCUT2D eigenvalue weighted by Crippen LogP contribution is -2.45. The summed E-state index contributed by atoms with van der Waals surface area (Å²) >= 11 is 0. The fourth-order valence-corrected chi connectivity index (χ4v) is 7.06. The fourth-order valence-electron chi connectivity index (χ4n) is 7.06. The molecule has 10 heteroatoms. The number of rotatable bonds is 13. The largest absolute Gasteiger partial charge is 0.507 e. The molecular weight excluding hydrogens is 658 g/mol. The molecule has 3 aromatic carbocycles. The van der Waals surface area contributed by atoms with Gasteiger partial charge < -0.3 is 26.2 Å². The molecule has 10 nitrogen and oxygen atoms in total. The number of fused-ring (bicyclic) bond motifs is 5. The predicted molar refractivity (Wildman–Crippen MR) is 201 cm³/mol. The summed E-state index contributed by atoms with van der Waals surface area (Å²) in [5, 5.41) is 24.6. The van der Waals surface area contributed by atoms with Crippen LogP contribution in [-0.2, 0) is 32.0 Å². The van der Waals surface area contributed by atoms with E-state index in [1.807, 2.05) is 25.1 Å². The minimum absolute atomic E-state index is 0.106. The molecular formula is C42H53N3O7. The van der Waals surface area contributed by atoms with Crippen LogP contribution in [-0.4, -0.2) is 63.9 Å². The molecule has 5 N–H and O–H groups in total. The molecule has 0 aliphatic carbocycles. The third-order valence-corrected chi connectivity index (χ3v) is 10.1. The zero-order valence-electron chi connectivity index (χ0n) is 31.0. The standard InChI is InChI=1S/C42H53N3O7/c1-6-7-8-9-10-28-11-14-32(25(2)19-28)38(49)24-31(17-18-43)42(52)45(5)40-30-13-16-37(48)34(23-30)33-21-29(12-15-36(33)47)22-35(27(4)46)44-41(51)26(3)20-39(40)50/h11-16,19,21,23,26,31,35,40,47-48H,6-10,17-18,20,22,24,43H2,1-5H3,(H,44,51)/t26-,31-,35+,40+/m1/s1. The van der Waals surface area contributed by atoms with Gasteiger partial charge in [-0.3, -0.25) is 24.0 Å². The highest BCUT2D eigenvalue weighted by atomic mass is 16.3. The van der Waals surface area contributed by atoms with Crippen molar-refractivity contribution in [2.45, 2.75) is 97.6 Å². The maximum atomic E-state index is 14.3. The number of phenols is 2. The van der Waals surface area contributed by atoms with Crippen molar-refractivity contribution in [2.75, 3.05) is 13.6 Å². The van der Waals surface area contributed by atoms with Crippen LogP contribution in [0.15, 0.2) is 54.6 Å². The second-order valence-corrected chi connectivity index (χ2v) is 14.3. The van der Waals surface area contributed by atoms with E-state index in [1.54, 1.807) is 25.1 Å².